The summed E-state index contributed by atoms with van der Waals surface area (Å²) in [5.74, 6) is 0. The molecule has 0 aromatic carbocycles. The van der Waals surface area contributed by atoms with Gasteiger partial charge in [-0.3, -0.25) is 0 Å². The van der Waals surface area contributed by atoms with E-state index in [4.69, 9.17) is 4.74 Å². The Labute approximate surface area is 99.0 Å². The van der Waals surface area contributed by atoms with E-state index in [0.29, 0.717) is 0 Å². The Balaban J connectivity index is -0.0000000860. The van der Waals surface area contributed by atoms with Gasteiger partial charge in [-0.2, -0.15) is 0 Å². The van der Waals surface area contributed by atoms with Gasteiger partial charge in [-0.25, -0.2) is 0 Å². The highest BCUT2D eigenvalue weighted by atomic mass is 16.5. The van der Waals surface area contributed by atoms with Gasteiger partial charge < -0.3 is 9.64 Å². The molecule has 0 unspecified atom stereocenters. The topological polar surface area (TPSA) is 12.5 Å². The van der Waals surface area contributed by atoms with Crippen LogP contribution in [0.1, 0.15) is 55.4 Å². The molecule has 0 spiro atoms. The first kappa shape index (κ1) is 24.2. The molecule has 0 heterocycles. The molecule has 0 atom stereocenters. The minimum absolute atomic E-state index is 0.831. The normalized spacial score (nSPS) is 7.60. The molecule has 0 saturated carbocycles. The maximum atomic E-state index is 5.16. The Hall–Kier alpha value is -0.0800. The quantitative estimate of drug-likeness (QED) is 0.649. The molecule has 0 aromatic heterocycles. The summed E-state index contributed by atoms with van der Waals surface area (Å²) in [7, 11) is 2.10. The molecule has 0 aliphatic carbocycles. The summed E-state index contributed by atoms with van der Waals surface area (Å²) >= 11 is 0. The van der Waals surface area contributed by atoms with Crippen molar-refractivity contribution in [3.63, 3.8) is 0 Å². The molecule has 0 aromatic rings. The number of hydrogen-bond acceptors (Lipinski definition) is 2. The Morgan fingerprint density at radius 2 is 1.27 bits per heavy atom. The molecule has 0 amide bonds. The van der Waals surface area contributed by atoms with Crippen molar-refractivity contribution in [3.8, 4) is 0 Å². The van der Waals surface area contributed by atoms with Crippen LogP contribution in [0.4, 0.5) is 0 Å². The Bertz CT molecular complexity index is 58.5. The molecule has 2 heteroatoms. The van der Waals surface area contributed by atoms with Gasteiger partial charge in [0.1, 0.15) is 0 Å². The van der Waals surface area contributed by atoms with Crippen molar-refractivity contribution < 1.29 is 4.74 Å². The third-order valence-electron chi connectivity index (χ3n) is 1.36. The maximum absolute atomic E-state index is 5.16. The molecule has 0 saturated heterocycles. The molecule has 0 aliphatic rings. The van der Waals surface area contributed by atoms with Crippen molar-refractivity contribution in [2.75, 3.05) is 33.4 Å². The molecule has 0 fully saturated rings. The van der Waals surface area contributed by atoms with Crippen molar-refractivity contribution in [2.24, 2.45) is 0 Å². The van der Waals surface area contributed by atoms with Gasteiger partial charge in [0.25, 0.3) is 0 Å². The fourth-order valence-corrected chi connectivity index (χ4v) is 0.523. The molecular formula is C13H35NO. The number of likely N-dealkylation sites (N-methyl/N-ethyl adjacent to an activating group) is 1. The summed E-state index contributed by atoms with van der Waals surface area (Å²) in [6.45, 7) is 20.0. The number of hydrogen-bond donors (Lipinski definition) is 0. The third kappa shape index (κ3) is 41.3. The van der Waals surface area contributed by atoms with E-state index in [1.165, 1.54) is 0 Å². The lowest BCUT2D eigenvalue weighted by atomic mass is 10.5. The summed E-state index contributed by atoms with van der Waals surface area (Å²) in [4.78, 5) is 2.23. The first-order chi connectivity index (χ1) is 7.31. The summed E-state index contributed by atoms with van der Waals surface area (Å²) in [6.07, 6.45) is 0. The van der Waals surface area contributed by atoms with Gasteiger partial charge in [0.05, 0.1) is 6.61 Å². The highest BCUT2D eigenvalue weighted by Crippen LogP contribution is 1.80. The summed E-state index contributed by atoms with van der Waals surface area (Å²) < 4.78 is 5.16. The molecule has 2 nitrogen and oxygen atoms in total. The fraction of sp³-hybridized carbons (Fsp3) is 1.00. The average Bonchev–Trinajstić information content (AvgIpc) is 2.36. The van der Waals surface area contributed by atoms with E-state index in [0.717, 1.165) is 26.3 Å². The van der Waals surface area contributed by atoms with Crippen LogP contribution in [0.2, 0.25) is 0 Å². The Kier molecular flexibility index (Phi) is 59.9. The summed E-state index contributed by atoms with van der Waals surface area (Å²) in [5.41, 5.74) is 0. The molecule has 98 valence electrons. The lowest BCUT2D eigenvalue weighted by Gasteiger charge is -2.12. The first-order valence-corrected chi connectivity index (χ1v) is 6.57. The standard InChI is InChI=1S/C7H17NO.3C2H6/c1-4-8(3)6-7-9-5-2;3*1-2/h4-7H2,1-3H3;3*1-2H3. The second kappa shape index (κ2) is 37.0. The second-order valence-corrected chi connectivity index (χ2v) is 2.09. The monoisotopic (exact) mass is 221 g/mol. The fourth-order valence-electron chi connectivity index (χ4n) is 0.523. The van der Waals surface area contributed by atoms with Crippen LogP contribution in [-0.2, 0) is 4.74 Å². The van der Waals surface area contributed by atoms with Crippen molar-refractivity contribution >= 4 is 0 Å². The molecule has 0 N–H and O–H groups in total. The Morgan fingerprint density at radius 3 is 1.53 bits per heavy atom. The zero-order chi connectivity index (χ0) is 13.1. The van der Waals surface area contributed by atoms with E-state index in [1.807, 2.05) is 48.5 Å². The van der Waals surface area contributed by atoms with Crippen LogP contribution in [0.3, 0.4) is 0 Å². The largest absolute Gasteiger partial charge is 0.380 e. The first-order valence-electron chi connectivity index (χ1n) is 6.57. The zero-order valence-electron chi connectivity index (χ0n) is 12.7. The van der Waals surface area contributed by atoms with Crippen LogP contribution in [-0.4, -0.2) is 38.3 Å². The van der Waals surface area contributed by atoms with E-state index in [2.05, 4.69) is 18.9 Å². The van der Waals surface area contributed by atoms with Crippen LogP contribution in [0.15, 0.2) is 0 Å². The average molecular weight is 221 g/mol. The van der Waals surface area contributed by atoms with Gasteiger partial charge >= 0.3 is 0 Å². The van der Waals surface area contributed by atoms with E-state index < -0.39 is 0 Å². The molecule has 0 aliphatic heterocycles. The van der Waals surface area contributed by atoms with Crippen molar-refractivity contribution in [1.29, 1.82) is 0 Å². The minimum Gasteiger partial charge on any atom is -0.380 e. The van der Waals surface area contributed by atoms with Crippen molar-refractivity contribution in [1.82, 2.24) is 4.90 Å². The lowest BCUT2D eigenvalue weighted by Crippen LogP contribution is -2.22. The summed E-state index contributed by atoms with van der Waals surface area (Å²) in [5, 5.41) is 0. The van der Waals surface area contributed by atoms with Gasteiger partial charge in [-0.1, -0.05) is 48.5 Å². The van der Waals surface area contributed by atoms with Gasteiger partial charge in [-0.05, 0) is 20.5 Å². The van der Waals surface area contributed by atoms with Gasteiger partial charge in [-0.15, -0.1) is 0 Å². The Morgan fingerprint density at radius 1 is 0.867 bits per heavy atom. The molecule has 0 rings (SSSR count). The third-order valence-corrected chi connectivity index (χ3v) is 1.36. The van der Waals surface area contributed by atoms with Gasteiger partial charge in [0, 0.05) is 13.2 Å². The van der Waals surface area contributed by atoms with Crippen molar-refractivity contribution in [3.05, 3.63) is 0 Å². The van der Waals surface area contributed by atoms with Crippen LogP contribution < -0.4 is 0 Å². The van der Waals surface area contributed by atoms with E-state index in [9.17, 15) is 0 Å². The summed E-state index contributed by atoms with van der Waals surface area (Å²) in [6, 6.07) is 0. The predicted octanol–water partition coefficient (Wildman–Crippen LogP) is 4.05. The smallest absolute Gasteiger partial charge is 0.0593 e. The van der Waals surface area contributed by atoms with Gasteiger partial charge in [0.2, 0.25) is 0 Å². The molecule has 0 bridgehead atoms. The van der Waals surface area contributed by atoms with Crippen molar-refractivity contribution in [2.45, 2.75) is 55.4 Å². The SMILES string of the molecule is CC.CC.CC.CCOCCN(C)CC. The number of ether oxygens (including phenoxy) is 1. The van der Waals surface area contributed by atoms with Crippen LogP contribution >= 0.6 is 0 Å². The minimum atomic E-state index is 0.831. The zero-order valence-corrected chi connectivity index (χ0v) is 12.7. The maximum Gasteiger partial charge on any atom is 0.0593 e. The van der Waals surface area contributed by atoms with E-state index >= 15 is 0 Å². The highest BCUT2D eigenvalue weighted by Gasteiger charge is 1.90. The number of rotatable bonds is 5. The molecule has 0 radical (unpaired) electrons. The number of nitrogens with zero attached hydrogens (tertiary/aromatic N) is 1. The van der Waals surface area contributed by atoms with E-state index in [1.54, 1.807) is 0 Å². The predicted molar refractivity (Wildman–Crippen MR) is 73.7 cm³/mol. The molecular weight excluding hydrogens is 186 g/mol. The molecule has 15 heavy (non-hydrogen) atoms. The highest BCUT2D eigenvalue weighted by molar-refractivity contribution is 4.43. The van der Waals surface area contributed by atoms with Crippen LogP contribution in [0.25, 0.3) is 0 Å². The van der Waals surface area contributed by atoms with Gasteiger partial charge in [0.15, 0.2) is 0 Å². The lowest BCUT2D eigenvalue weighted by molar-refractivity contribution is 0.124. The van der Waals surface area contributed by atoms with Crippen LogP contribution in [0, 0.1) is 0 Å². The second-order valence-electron chi connectivity index (χ2n) is 2.09. The van der Waals surface area contributed by atoms with E-state index in [-0.39, 0.29) is 0 Å². The van der Waals surface area contributed by atoms with Crippen LogP contribution in [0.5, 0.6) is 0 Å².